The fraction of sp³-hybridized carbons (Fsp3) is 0.391. The quantitative estimate of drug-likeness (QED) is 0.682. The van der Waals surface area contributed by atoms with Crippen LogP contribution in [0.5, 0.6) is 0 Å². The Morgan fingerprint density at radius 2 is 2.07 bits per heavy atom. The maximum absolute atomic E-state index is 11.9. The van der Waals surface area contributed by atoms with Crippen molar-refractivity contribution in [2.24, 2.45) is 0 Å². The predicted molar refractivity (Wildman–Crippen MR) is 117 cm³/mol. The molecule has 7 heteroatoms. The van der Waals surface area contributed by atoms with Crippen molar-refractivity contribution in [3.8, 4) is 0 Å². The summed E-state index contributed by atoms with van der Waals surface area (Å²) in [7, 11) is 0. The first-order valence-corrected chi connectivity index (χ1v) is 10.6. The Bertz CT molecular complexity index is 1110. The van der Waals surface area contributed by atoms with Crippen LogP contribution in [0.1, 0.15) is 34.7 Å². The second kappa shape index (κ2) is 7.55. The molecule has 7 nitrogen and oxygen atoms in total. The van der Waals surface area contributed by atoms with Gasteiger partial charge in [0.25, 0.3) is 0 Å². The Morgan fingerprint density at radius 3 is 2.87 bits per heavy atom. The van der Waals surface area contributed by atoms with E-state index in [9.17, 15) is 4.79 Å². The van der Waals surface area contributed by atoms with Gasteiger partial charge in [-0.1, -0.05) is 18.7 Å². The Hall–Kier alpha value is -3.22. The average Bonchev–Trinajstić information content (AvgIpc) is 3.26. The van der Waals surface area contributed by atoms with E-state index in [4.69, 9.17) is 0 Å². The van der Waals surface area contributed by atoms with Crippen molar-refractivity contribution in [1.29, 1.82) is 0 Å². The van der Waals surface area contributed by atoms with E-state index in [1.54, 1.807) is 6.33 Å². The molecule has 2 aromatic heterocycles. The number of carbonyl (C=O) groups is 1. The lowest BCUT2D eigenvalue weighted by Crippen LogP contribution is -2.49. The van der Waals surface area contributed by atoms with Crippen molar-refractivity contribution in [2.45, 2.75) is 32.1 Å². The minimum absolute atomic E-state index is 0.00515. The molecule has 1 amide bonds. The van der Waals surface area contributed by atoms with Gasteiger partial charge in [-0.3, -0.25) is 9.89 Å². The zero-order valence-corrected chi connectivity index (χ0v) is 17.3. The number of piperazine rings is 1. The van der Waals surface area contributed by atoms with Crippen LogP contribution in [0.2, 0.25) is 0 Å². The molecule has 30 heavy (non-hydrogen) atoms. The molecule has 1 fully saturated rings. The van der Waals surface area contributed by atoms with Crippen LogP contribution >= 0.6 is 0 Å². The van der Waals surface area contributed by atoms with Gasteiger partial charge < -0.3 is 9.80 Å². The number of hydrogen-bond acceptors (Lipinski definition) is 5. The second-order valence-corrected chi connectivity index (χ2v) is 8.21. The summed E-state index contributed by atoms with van der Waals surface area (Å²) >= 11 is 0. The van der Waals surface area contributed by atoms with Gasteiger partial charge in [0.15, 0.2) is 0 Å². The van der Waals surface area contributed by atoms with Crippen molar-refractivity contribution >= 4 is 22.6 Å². The molecule has 1 aliphatic carbocycles. The zero-order chi connectivity index (χ0) is 20.7. The third-order valence-corrected chi connectivity index (χ3v) is 6.54. The number of fused-ring (bicyclic) bond motifs is 2. The van der Waals surface area contributed by atoms with Gasteiger partial charge in [-0.2, -0.15) is 5.10 Å². The molecule has 5 rings (SSSR count). The summed E-state index contributed by atoms with van der Waals surface area (Å²) in [5.74, 6) is 1.47. The number of hydrogen-bond donors (Lipinski definition) is 1. The lowest BCUT2D eigenvalue weighted by Gasteiger charge is -2.37. The third kappa shape index (κ3) is 3.14. The number of nitrogens with zero attached hydrogens (tertiary/aromatic N) is 5. The van der Waals surface area contributed by atoms with Gasteiger partial charge in [-0.15, -0.1) is 0 Å². The van der Waals surface area contributed by atoms with Crippen LogP contribution in [0.3, 0.4) is 0 Å². The molecule has 1 aliphatic heterocycles. The van der Waals surface area contributed by atoms with Gasteiger partial charge >= 0.3 is 0 Å². The fourth-order valence-electron chi connectivity index (χ4n) is 4.98. The topological polar surface area (TPSA) is 78.0 Å². The fourth-order valence-corrected chi connectivity index (χ4v) is 4.98. The standard InChI is InChI=1S/C23H26N6O/c1-3-20(30)28-8-10-29(11-9-28)23-18-7-6-16(12-19(18)24-14-25-23)21-15(2)4-5-17-13-26-27-22(17)21/h3-5,13-14,16H,1,6-12H2,2H3,(H,26,27). The highest BCUT2D eigenvalue weighted by Crippen LogP contribution is 2.38. The molecule has 1 saturated heterocycles. The first-order chi connectivity index (χ1) is 14.7. The van der Waals surface area contributed by atoms with E-state index in [-0.39, 0.29) is 5.91 Å². The summed E-state index contributed by atoms with van der Waals surface area (Å²) < 4.78 is 0. The molecule has 0 spiro atoms. The number of aromatic nitrogens is 4. The maximum Gasteiger partial charge on any atom is 0.246 e. The van der Waals surface area contributed by atoms with Crippen LogP contribution < -0.4 is 4.90 Å². The molecular weight excluding hydrogens is 376 g/mol. The monoisotopic (exact) mass is 402 g/mol. The zero-order valence-electron chi connectivity index (χ0n) is 17.3. The van der Waals surface area contributed by atoms with Gasteiger partial charge in [0.05, 0.1) is 11.7 Å². The molecule has 154 valence electrons. The molecule has 0 saturated carbocycles. The van der Waals surface area contributed by atoms with Gasteiger partial charge in [0.1, 0.15) is 12.1 Å². The Labute approximate surface area is 175 Å². The minimum atomic E-state index is 0.00515. The Balaban J connectivity index is 1.40. The lowest BCUT2D eigenvalue weighted by molar-refractivity contribution is -0.126. The first kappa shape index (κ1) is 18.8. The number of aryl methyl sites for hydroxylation is 1. The van der Waals surface area contributed by atoms with Crippen molar-refractivity contribution < 1.29 is 4.79 Å². The highest BCUT2D eigenvalue weighted by atomic mass is 16.2. The highest BCUT2D eigenvalue weighted by Gasteiger charge is 2.29. The van der Waals surface area contributed by atoms with E-state index in [0.717, 1.165) is 54.8 Å². The highest BCUT2D eigenvalue weighted by molar-refractivity contribution is 5.87. The maximum atomic E-state index is 11.9. The van der Waals surface area contributed by atoms with Crippen LogP contribution in [-0.2, 0) is 17.6 Å². The number of amides is 1. The number of benzene rings is 1. The summed E-state index contributed by atoms with van der Waals surface area (Å²) in [5.41, 5.74) is 6.24. The van der Waals surface area contributed by atoms with Crippen LogP contribution in [0.15, 0.2) is 37.3 Å². The second-order valence-electron chi connectivity index (χ2n) is 8.21. The van der Waals surface area contributed by atoms with Gasteiger partial charge in [-0.05, 0) is 49.3 Å². The molecule has 2 aliphatic rings. The van der Waals surface area contributed by atoms with Crippen molar-refractivity contribution in [3.63, 3.8) is 0 Å². The summed E-state index contributed by atoms with van der Waals surface area (Å²) in [6.45, 7) is 8.76. The van der Waals surface area contributed by atoms with E-state index in [1.165, 1.54) is 22.8 Å². The number of H-pyrrole nitrogens is 1. The van der Waals surface area contributed by atoms with Crippen LogP contribution in [0, 0.1) is 6.92 Å². The van der Waals surface area contributed by atoms with Gasteiger partial charge in [0.2, 0.25) is 5.91 Å². The van der Waals surface area contributed by atoms with Crippen LogP contribution in [0.4, 0.5) is 5.82 Å². The minimum Gasteiger partial charge on any atom is -0.353 e. The summed E-state index contributed by atoms with van der Waals surface area (Å²) in [6.07, 6.45) is 7.93. The van der Waals surface area contributed by atoms with Crippen LogP contribution in [0.25, 0.3) is 10.9 Å². The van der Waals surface area contributed by atoms with E-state index >= 15 is 0 Å². The van der Waals surface area contributed by atoms with E-state index in [2.05, 4.69) is 50.7 Å². The van der Waals surface area contributed by atoms with Crippen LogP contribution in [-0.4, -0.2) is 57.2 Å². The Morgan fingerprint density at radius 1 is 1.23 bits per heavy atom. The van der Waals surface area contributed by atoms with Crippen molar-refractivity contribution in [1.82, 2.24) is 25.1 Å². The largest absolute Gasteiger partial charge is 0.353 e. The number of anilines is 1. The van der Waals surface area contributed by atoms with E-state index in [1.807, 2.05) is 11.1 Å². The molecule has 0 bridgehead atoms. The summed E-state index contributed by atoms with van der Waals surface area (Å²) in [6, 6.07) is 4.32. The van der Waals surface area contributed by atoms with E-state index < -0.39 is 0 Å². The Kier molecular flexibility index (Phi) is 4.73. The number of aromatic amines is 1. The smallest absolute Gasteiger partial charge is 0.246 e. The normalized spacial score (nSPS) is 19.0. The lowest BCUT2D eigenvalue weighted by atomic mass is 9.80. The van der Waals surface area contributed by atoms with Gasteiger partial charge in [-0.25, -0.2) is 9.97 Å². The molecule has 1 unspecified atom stereocenters. The number of carbonyl (C=O) groups excluding carboxylic acids is 1. The molecule has 1 atom stereocenters. The average molecular weight is 403 g/mol. The number of nitrogens with one attached hydrogen (secondary N) is 1. The van der Waals surface area contributed by atoms with Gasteiger partial charge in [0, 0.05) is 42.8 Å². The van der Waals surface area contributed by atoms with Crippen molar-refractivity contribution in [2.75, 3.05) is 31.1 Å². The number of rotatable bonds is 3. The van der Waals surface area contributed by atoms with Crippen molar-refractivity contribution in [3.05, 3.63) is 59.7 Å². The first-order valence-electron chi connectivity index (χ1n) is 10.6. The summed E-state index contributed by atoms with van der Waals surface area (Å²) in [5, 5.41) is 8.62. The van der Waals surface area contributed by atoms with E-state index in [0.29, 0.717) is 19.0 Å². The summed E-state index contributed by atoms with van der Waals surface area (Å²) in [4.78, 5) is 25.3. The molecule has 1 aromatic carbocycles. The third-order valence-electron chi connectivity index (χ3n) is 6.54. The molecule has 3 aromatic rings. The predicted octanol–water partition coefficient (Wildman–Crippen LogP) is 2.77. The SMILES string of the molecule is C=CC(=O)N1CCN(c2ncnc3c2CCC(c2c(C)ccc4cn[nH]c24)C3)CC1. The molecule has 1 N–H and O–H groups in total. The molecule has 0 radical (unpaired) electrons. The molecule has 3 heterocycles. The molecular formula is C23H26N6O.